The third kappa shape index (κ3) is 4.32. The van der Waals surface area contributed by atoms with Crippen molar-refractivity contribution < 1.29 is 18.9 Å². The van der Waals surface area contributed by atoms with Gasteiger partial charge in [0.15, 0.2) is 5.70 Å². The van der Waals surface area contributed by atoms with Crippen LogP contribution in [0, 0.1) is 0 Å². The summed E-state index contributed by atoms with van der Waals surface area (Å²) >= 11 is 0. The molecule has 0 amide bonds. The first-order valence-corrected chi connectivity index (χ1v) is 11.2. The van der Waals surface area contributed by atoms with Crippen LogP contribution in [0.3, 0.4) is 0 Å². The minimum absolute atomic E-state index is 0.169. The van der Waals surface area contributed by atoms with Crippen molar-refractivity contribution in [1.29, 1.82) is 0 Å². The lowest BCUT2D eigenvalue weighted by molar-refractivity contribution is -0.749. The zero-order valence-corrected chi connectivity index (χ0v) is 19.8. The van der Waals surface area contributed by atoms with Crippen molar-refractivity contribution >= 4 is 23.8 Å². The molecule has 0 spiro atoms. The Kier molecular flexibility index (Phi) is 5.47. The van der Waals surface area contributed by atoms with Gasteiger partial charge in [0.1, 0.15) is 23.3 Å². The van der Waals surface area contributed by atoms with E-state index < -0.39 is 11.7 Å². The van der Waals surface area contributed by atoms with Crippen molar-refractivity contribution in [3.63, 3.8) is 0 Å². The molecule has 8 heteroatoms. The summed E-state index contributed by atoms with van der Waals surface area (Å²) in [6, 6.07) is 20.7. The lowest BCUT2D eigenvalue weighted by Crippen LogP contribution is -2.53. The van der Waals surface area contributed by atoms with Crippen LogP contribution in [0.2, 0.25) is 0 Å². The molecule has 3 heterocycles. The number of nitrogens with two attached hydrogens (primary N) is 1. The maximum Gasteiger partial charge on any atom is 0.419 e. The topological polar surface area (TPSA) is 91.2 Å². The lowest BCUT2D eigenvalue weighted by Gasteiger charge is -2.26. The molecule has 176 valence electrons. The average Bonchev–Trinajstić information content (AvgIpc) is 3.42. The number of quaternary nitrogens is 1. The number of ether oxygens (including phenoxy) is 2. The lowest BCUT2D eigenvalue weighted by atomic mass is 10.1. The predicted molar refractivity (Wildman–Crippen MR) is 135 cm³/mol. The molecule has 5 rings (SSSR count). The summed E-state index contributed by atoms with van der Waals surface area (Å²) in [4.78, 5) is 22.0. The minimum Gasteiger partial charge on any atom is -0.457 e. The Morgan fingerprint density at radius 1 is 0.971 bits per heavy atom. The van der Waals surface area contributed by atoms with Gasteiger partial charge >= 0.3 is 6.09 Å². The van der Waals surface area contributed by atoms with Crippen LogP contribution in [-0.2, 0) is 4.74 Å². The molecule has 35 heavy (non-hydrogen) atoms. The smallest absolute Gasteiger partial charge is 0.419 e. The van der Waals surface area contributed by atoms with Crippen LogP contribution in [0.4, 0.5) is 4.79 Å². The summed E-state index contributed by atoms with van der Waals surface area (Å²) in [7, 11) is 0. The van der Waals surface area contributed by atoms with E-state index in [1.54, 1.807) is 30.9 Å². The summed E-state index contributed by atoms with van der Waals surface area (Å²) in [5.41, 5.74) is 1.96. The number of carbonyl (C=O) groups excluding carboxylic acids is 1. The monoisotopic (exact) mass is 468 g/mol. The van der Waals surface area contributed by atoms with Crippen LogP contribution in [-0.4, -0.2) is 32.9 Å². The summed E-state index contributed by atoms with van der Waals surface area (Å²) in [6.07, 6.45) is 6.24. The van der Waals surface area contributed by atoms with Crippen molar-refractivity contribution in [3.8, 4) is 11.5 Å². The maximum atomic E-state index is 12.8. The molecule has 1 aromatic heterocycles. The summed E-state index contributed by atoms with van der Waals surface area (Å²) in [6.45, 7) is 5.48. The zero-order chi connectivity index (χ0) is 24.6. The van der Waals surface area contributed by atoms with E-state index in [0.29, 0.717) is 28.7 Å². The van der Waals surface area contributed by atoms with Gasteiger partial charge in [-0.05, 0) is 69.3 Å². The number of nitrogens with zero attached hydrogens (tertiary/aromatic N) is 4. The highest BCUT2D eigenvalue weighted by Crippen LogP contribution is 2.36. The maximum absolute atomic E-state index is 12.8. The van der Waals surface area contributed by atoms with Gasteiger partial charge in [0.25, 0.3) is 5.84 Å². The first kappa shape index (κ1) is 22.5. The molecule has 0 bridgehead atoms. The van der Waals surface area contributed by atoms with Crippen molar-refractivity contribution in [2.75, 3.05) is 0 Å². The average molecular weight is 469 g/mol. The molecule has 1 unspecified atom stereocenters. The Bertz CT molecular complexity index is 1390. The first-order chi connectivity index (χ1) is 16.7. The van der Waals surface area contributed by atoms with Crippen molar-refractivity contribution in [2.24, 2.45) is 15.8 Å². The number of amidine groups is 1. The van der Waals surface area contributed by atoms with E-state index in [0.717, 1.165) is 11.3 Å². The molecule has 2 N–H and O–H groups in total. The second-order valence-corrected chi connectivity index (χ2v) is 9.21. The van der Waals surface area contributed by atoms with Gasteiger partial charge in [0.05, 0.1) is 23.7 Å². The molecule has 0 fully saturated rings. The number of fused-ring (bicyclic) bond motifs is 1. The summed E-state index contributed by atoms with van der Waals surface area (Å²) < 4.78 is 12.8. The number of aromatic nitrogens is 1. The Morgan fingerprint density at radius 3 is 2.40 bits per heavy atom. The Balaban J connectivity index is 1.51. The fourth-order valence-corrected chi connectivity index (χ4v) is 3.91. The number of allylic oxidation sites excluding steroid dienone is 1. The van der Waals surface area contributed by atoms with E-state index in [4.69, 9.17) is 20.3 Å². The SMILES string of the molecule is CC(C)(C)OC(=O)n1cccc1C1=C2C=NC=C[N+]2(N)C(c2ccc(Oc3ccccc3)cc2)=N1. The molecule has 1 atom stereocenters. The molecule has 2 aromatic carbocycles. The highest BCUT2D eigenvalue weighted by atomic mass is 16.6. The van der Waals surface area contributed by atoms with E-state index in [2.05, 4.69) is 4.99 Å². The molecule has 0 saturated carbocycles. The molecular formula is C27H26N5O3+. The van der Waals surface area contributed by atoms with E-state index >= 15 is 0 Å². The normalized spacial score (nSPS) is 18.9. The molecular weight excluding hydrogens is 442 g/mol. The number of rotatable bonds is 4. The predicted octanol–water partition coefficient (Wildman–Crippen LogP) is 5.44. The van der Waals surface area contributed by atoms with Crippen molar-refractivity contribution in [1.82, 2.24) is 4.57 Å². The van der Waals surface area contributed by atoms with Crippen LogP contribution >= 0.6 is 0 Å². The van der Waals surface area contributed by atoms with Gasteiger partial charge in [0.2, 0.25) is 5.70 Å². The third-order valence-electron chi connectivity index (χ3n) is 5.47. The Morgan fingerprint density at radius 2 is 1.69 bits per heavy atom. The first-order valence-electron chi connectivity index (χ1n) is 11.2. The van der Waals surface area contributed by atoms with Gasteiger partial charge in [-0.2, -0.15) is 10.8 Å². The molecule has 8 nitrogen and oxygen atoms in total. The Labute approximate surface area is 203 Å². The highest BCUT2D eigenvalue weighted by Gasteiger charge is 2.45. The third-order valence-corrected chi connectivity index (χ3v) is 5.47. The minimum atomic E-state index is -0.632. The van der Waals surface area contributed by atoms with Crippen LogP contribution in [0.1, 0.15) is 32.0 Å². The molecule has 3 aromatic rings. The largest absolute Gasteiger partial charge is 0.457 e. The van der Waals surface area contributed by atoms with Crippen LogP contribution in [0.5, 0.6) is 11.5 Å². The van der Waals surface area contributed by atoms with E-state index in [1.165, 1.54) is 4.57 Å². The zero-order valence-electron chi connectivity index (χ0n) is 19.8. The number of hydrogen-bond acceptors (Lipinski definition) is 6. The van der Waals surface area contributed by atoms with Gasteiger partial charge in [-0.3, -0.25) is 9.56 Å². The van der Waals surface area contributed by atoms with Crippen LogP contribution in [0.25, 0.3) is 5.70 Å². The van der Waals surface area contributed by atoms with Crippen molar-refractivity contribution in [3.05, 3.63) is 102 Å². The Hall–Kier alpha value is -4.27. The number of benzene rings is 2. The number of aliphatic imine (C=N–C) groups is 2. The number of carbonyl (C=O) groups is 1. The number of para-hydroxylation sites is 1. The van der Waals surface area contributed by atoms with E-state index in [1.807, 2.05) is 81.4 Å². The van der Waals surface area contributed by atoms with Gasteiger partial charge < -0.3 is 9.47 Å². The molecule has 0 radical (unpaired) electrons. The van der Waals surface area contributed by atoms with E-state index in [-0.39, 0.29) is 4.59 Å². The second-order valence-electron chi connectivity index (χ2n) is 9.21. The molecule has 0 aliphatic carbocycles. The van der Waals surface area contributed by atoms with Gasteiger partial charge in [-0.25, -0.2) is 4.79 Å². The number of hydrogen-bond donors (Lipinski definition) is 1. The summed E-state index contributed by atoms with van der Waals surface area (Å²) in [5.74, 6) is 8.89. The van der Waals surface area contributed by atoms with E-state index in [9.17, 15) is 4.79 Å². The molecule has 0 saturated heterocycles. The fourth-order valence-electron chi connectivity index (χ4n) is 3.91. The van der Waals surface area contributed by atoms with Crippen LogP contribution < -0.4 is 10.6 Å². The molecule has 2 aliphatic heterocycles. The van der Waals surface area contributed by atoms with Crippen molar-refractivity contribution in [2.45, 2.75) is 26.4 Å². The second kappa shape index (κ2) is 8.50. The molecule has 2 aliphatic rings. The van der Waals surface area contributed by atoms with Gasteiger partial charge in [-0.15, -0.1) is 4.59 Å². The fraction of sp³-hybridized carbons (Fsp3) is 0.148. The van der Waals surface area contributed by atoms with Gasteiger partial charge in [-0.1, -0.05) is 18.2 Å². The summed E-state index contributed by atoms with van der Waals surface area (Å²) in [5, 5.41) is 0. The highest BCUT2D eigenvalue weighted by molar-refractivity contribution is 6.06. The standard InChI is InChI=1S/C27H26N5O3/c1-27(2,3)35-26(33)31-16-7-10-22(31)24-23-18-29-15-17-32(23,28)25(30-24)19-11-13-21(14-12-19)34-20-8-5-4-6-9-20/h4-18H,28H2,1-3H3/q+1. The quantitative estimate of drug-likeness (QED) is 0.408. The van der Waals surface area contributed by atoms with Crippen LogP contribution in [0.15, 0.2) is 101 Å². The van der Waals surface area contributed by atoms with Gasteiger partial charge in [0, 0.05) is 6.20 Å².